The zero-order valence-electron chi connectivity index (χ0n) is 18.4. The monoisotopic (exact) mass is 458 g/mol. The first-order chi connectivity index (χ1) is 16.0. The second-order valence-corrected chi connectivity index (χ2v) is 9.01. The summed E-state index contributed by atoms with van der Waals surface area (Å²) in [5.74, 6) is -0.496. The number of nitrogens with one attached hydrogen (secondary N) is 1. The van der Waals surface area contributed by atoms with E-state index in [1.54, 1.807) is 17.4 Å². The van der Waals surface area contributed by atoms with Crippen LogP contribution in [-0.2, 0) is 13.1 Å². The minimum Gasteiger partial charge on any atom is -0.331 e. The molecule has 0 unspecified atom stereocenters. The van der Waals surface area contributed by atoms with Crippen molar-refractivity contribution in [2.75, 3.05) is 5.32 Å². The Hall–Kier alpha value is -3.71. The molecule has 33 heavy (non-hydrogen) atoms. The van der Waals surface area contributed by atoms with Gasteiger partial charge < -0.3 is 9.88 Å². The van der Waals surface area contributed by atoms with E-state index in [-0.39, 0.29) is 11.7 Å². The van der Waals surface area contributed by atoms with Crippen LogP contribution in [0.1, 0.15) is 33.0 Å². The van der Waals surface area contributed by atoms with Gasteiger partial charge in [0, 0.05) is 6.54 Å². The standard InChI is InChI=1S/C26H23FN4OS/c1-17-25(18(2)31(29-17)16-19-7-4-3-5-8-19)28-26(32)23-14-24-22(11-12-33-24)30(23)15-20-9-6-10-21(27)13-20/h3-14H,15-16H2,1-2H3,(H,28,32). The molecule has 0 atom stereocenters. The van der Waals surface area contributed by atoms with Gasteiger partial charge in [-0.2, -0.15) is 5.10 Å². The average Bonchev–Trinajstić information content (AvgIpc) is 3.46. The lowest BCUT2D eigenvalue weighted by molar-refractivity contribution is 0.101. The highest BCUT2D eigenvalue weighted by molar-refractivity contribution is 7.17. The first-order valence-electron chi connectivity index (χ1n) is 10.7. The number of carbonyl (C=O) groups is 1. The number of aryl methyl sites for hydroxylation is 1. The number of amides is 1. The third-order valence-corrected chi connectivity index (χ3v) is 6.63. The van der Waals surface area contributed by atoms with Gasteiger partial charge in [0.05, 0.1) is 33.8 Å². The molecule has 7 heteroatoms. The summed E-state index contributed by atoms with van der Waals surface area (Å²) < 4.78 is 18.6. The van der Waals surface area contributed by atoms with E-state index in [2.05, 4.69) is 22.5 Å². The van der Waals surface area contributed by atoms with Crippen molar-refractivity contribution < 1.29 is 9.18 Å². The number of carbonyl (C=O) groups excluding carboxylic acids is 1. The number of nitrogens with zero attached hydrogens (tertiary/aromatic N) is 3. The number of fused-ring (bicyclic) bond motifs is 1. The van der Waals surface area contributed by atoms with Crippen LogP contribution in [0.25, 0.3) is 10.2 Å². The summed E-state index contributed by atoms with van der Waals surface area (Å²) in [5.41, 5.74) is 5.83. The summed E-state index contributed by atoms with van der Waals surface area (Å²) >= 11 is 1.58. The van der Waals surface area contributed by atoms with Crippen molar-refractivity contribution in [3.8, 4) is 0 Å². The SMILES string of the molecule is Cc1nn(Cc2ccccc2)c(C)c1NC(=O)c1cc2sccc2n1Cc1cccc(F)c1. The van der Waals surface area contributed by atoms with E-state index in [0.717, 1.165) is 38.4 Å². The van der Waals surface area contributed by atoms with Crippen LogP contribution in [0.5, 0.6) is 0 Å². The van der Waals surface area contributed by atoms with Crippen LogP contribution in [0.15, 0.2) is 72.1 Å². The molecule has 2 aromatic carbocycles. The molecule has 0 saturated heterocycles. The molecule has 0 saturated carbocycles. The lowest BCUT2D eigenvalue weighted by Crippen LogP contribution is -2.18. The fourth-order valence-corrected chi connectivity index (χ4v) is 4.94. The van der Waals surface area contributed by atoms with Gasteiger partial charge in [0.25, 0.3) is 5.91 Å². The summed E-state index contributed by atoms with van der Waals surface area (Å²) in [5, 5.41) is 9.71. The predicted molar refractivity (Wildman–Crippen MR) is 131 cm³/mol. The molecule has 0 radical (unpaired) electrons. The molecule has 3 heterocycles. The lowest BCUT2D eigenvalue weighted by atomic mass is 10.2. The largest absolute Gasteiger partial charge is 0.331 e. The van der Waals surface area contributed by atoms with Crippen molar-refractivity contribution in [1.29, 1.82) is 0 Å². The Morgan fingerprint density at radius 3 is 2.58 bits per heavy atom. The predicted octanol–water partition coefficient (Wildman–Crippen LogP) is 6.00. The summed E-state index contributed by atoms with van der Waals surface area (Å²) in [4.78, 5) is 13.4. The number of hydrogen-bond donors (Lipinski definition) is 1. The molecule has 5 nitrogen and oxygen atoms in total. The van der Waals surface area contributed by atoms with Crippen molar-refractivity contribution in [2.24, 2.45) is 0 Å². The minimum absolute atomic E-state index is 0.208. The van der Waals surface area contributed by atoms with Gasteiger partial charge >= 0.3 is 0 Å². The number of aromatic nitrogens is 3. The Morgan fingerprint density at radius 1 is 1.00 bits per heavy atom. The molecule has 1 N–H and O–H groups in total. The molecule has 3 aromatic heterocycles. The normalized spacial score (nSPS) is 11.2. The van der Waals surface area contributed by atoms with Crippen molar-refractivity contribution in [1.82, 2.24) is 14.3 Å². The maximum Gasteiger partial charge on any atom is 0.272 e. The van der Waals surface area contributed by atoms with E-state index in [9.17, 15) is 9.18 Å². The molecular weight excluding hydrogens is 435 g/mol. The first-order valence-corrected chi connectivity index (χ1v) is 11.6. The van der Waals surface area contributed by atoms with Gasteiger partial charge in [0.15, 0.2) is 0 Å². The third-order valence-electron chi connectivity index (χ3n) is 5.78. The average molecular weight is 459 g/mol. The smallest absolute Gasteiger partial charge is 0.272 e. The maximum absolute atomic E-state index is 13.7. The van der Waals surface area contributed by atoms with Crippen molar-refractivity contribution >= 4 is 33.1 Å². The number of rotatable bonds is 6. The number of hydrogen-bond acceptors (Lipinski definition) is 3. The van der Waals surface area contributed by atoms with Gasteiger partial charge in [-0.25, -0.2) is 4.39 Å². The molecule has 5 rings (SSSR count). The topological polar surface area (TPSA) is 51.9 Å². The number of thiophene rings is 1. The Labute approximate surface area is 195 Å². The highest BCUT2D eigenvalue weighted by Gasteiger charge is 2.20. The van der Waals surface area contributed by atoms with E-state index < -0.39 is 0 Å². The zero-order valence-corrected chi connectivity index (χ0v) is 19.2. The Morgan fingerprint density at radius 2 is 1.79 bits per heavy atom. The van der Waals surface area contributed by atoms with E-state index in [1.165, 1.54) is 12.1 Å². The quantitative estimate of drug-likeness (QED) is 0.339. The van der Waals surface area contributed by atoms with Gasteiger partial charge in [-0.05, 0) is 54.6 Å². The van der Waals surface area contributed by atoms with Crippen molar-refractivity contribution in [3.05, 3.63) is 106 Å². The van der Waals surface area contributed by atoms with Gasteiger partial charge in [0.2, 0.25) is 0 Å². The van der Waals surface area contributed by atoms with Gasteiger partial charge in [-0.3, -0.25) is 9.48 Å². The minimum atomic E-state index is -0.288. The van der Waals surface area contributed by atoms with Crippen molar-refractivity contribution in [3.63, 3.8) is 0 Å². The lowest BCUT2D eigenvalue weighted by Gasteiger charge is -2.12. The summed E-state index contributed by atoms with van der Waals surface area (Å²) in [6, 6.07) is 20.5. The zero-order chi connectivity index (χ0) is 22.9. The second-order valence-electron chi connectivity index (χ2n) is 8.06. The van der Waals surface area contributed by atoms with E-state index >= 15 is 0 Å². The molecule has 0 aliphatic rings. The van der Waals surface area contributed by atoms with Crippen LogP contribution in [0, 0.1) is 19.7 Å². The highest BCUT2D eigenvalue weighted by atomic mass is 32.1. The summed E-state index contributed by atoms with van der Waals surface area (Å²) in [7, 11) is 0. The molecule has 0 aliphatic carbocycles. The van der Waals surface area contributed by atoms with Gasteiger partial charge in [-0.15, -0.1) is 11.3 Å². The number of halogens is 1. The van der Waals surface area contributed by atoms with Crippen LogP contribution >= 0.6 is 11.3 Å². The van der Waals surface area contributed by atoms with Crippen LogP contribution in [0.2, 0.25) is 0 Å². The molecule has 0 spiro atoms. The third kappa shape index (κ3) is 4.19. The van der Waals surface area contributed by atoms with Crippen molar-refractivity contribution in [2.45, 2.75) is 26.9 Å². The second kappa shape index (κ2) is 8.67. The van der Waals surface area contributed by atoms with Crippen LogP contribution in [-0.4, -0.2) is 20.3 Å². The van der Waals surface area contributed by atoms with Gasteiger partial charge in [0.1, 0.15) is 11.5 Å². The van der Waals surface area contributed by atoms with E-state index in [4.69, 9.17) is 0 Å². The van der Waals surface area contributed by atoms with E-state index in [1.807, 2.05) is 64.9 Å². The molecule has 1 amide bonds. The Kier molecular flexibility index (Phi) is 5.56. The molecular formula is C26H23FN4OS. The summed E-state index contributed by atoms with van der Waals surface area (Å²) in [6.45, 7) is 4.90. The molecule has 0 aliphatic heterocycles. The molecule has 166 valence electrons. The van der Waals surface area contributed by atoms with Crippen LogP contribution in [0.3, 0.4) is 0 Å². The molecule has 0 bridgehead atoms. The highest BCUT2D eigenvalue weighted by Crippen LogP contribution is 2.28. The Balaban J connectivity index is 1.45. The fraction of sp³-hybridized carbons (Fsp3) is 0.154. The van der Waals surface area contributed by atoms with Gasteiger partial charge in [-0.1, -0.05) is 42.5 Å². The Bertz CT molecular complexity index is 1450. The van der Waals surface area contributed by atoms with Crippen LogP contribution in [0.4, 0.5) is 10.1 Å². The first kappa shape index (κ1) is 21.2. The molecule has 0 fully saturated rings. The maximum atomic E-state index is 13.7. The fourth-order valence-electron chi connectivity index (χ4n) is 4.12. The molecule has 5 aromatic rings. The number of benzene rings is 2. The van der Waals surface area contributed by atoms with Crippen LogP contribution < -0.4 is 5.32 Å². The number of anilines is 1. The van der Waals surface area contributed by atoms with E-state index in [0.29, 0.717) is 18.8 Å². The summed E-state index contributed by atoms with van der Waals surface area (Å²) in [6.07, 6.45) is 0.